The minimum atomic E-state index is -4.20. The van der Waals surface area contributed by atoms with Gasteiger partial charge >= 0.3 is 5.97 Å². The van der Waals surface area contributed by atoms with Gasteiger partial charge in [0.05, 0.1) is 11.0 Å². The second kappa shape index (κ2) is 9.60. The van der Waals surface area contributed by atoms with E-state index in [4.69, 9.17) is 4.74 Å². The van der Waals surface area contributed by atoms with Crippen LogP contribution in [0.4, 0.5) is 4.39 Å². The Bertz CT molecular complexity index is 719. The number of amides is 1. The van der Waals surface area contributed by atoms with E-state index >= 15 is 0 Å². The first kappa shape index (κ1) is 22.0. The molecule has 0 saturated heterocycles. The van der Waals surface area contributed by atoms with E-state index in [1.165, 1.54) is 6.92 Å². The van der Waals surface area contributed by atoms with Crippen molar-refractivity contribution in [3.8, 4) is 0 Å². The van der Waals surface area contributed by atoms with Gasteiger partial charge in [-0.3, -0.25) is 9.59 Å². The van der Waals surface area contributed by atoms with Gasteiger partial charge in [0.15, 0.2) is 6.61 Å². The van der Waals surface area contributed by atoms with Crippen molar-refractivity contribution in [3.05, 3.63) is 30.1 Å². The highest BCUT2D eigenvalue weighted by molar-refractivity contribution is 7.89. The molecule has 0 saturated carbocycles. The molecular formula is C16H23FN2O6S. The Labute approximate surface area is 151 Å². The number of sulfonamides is 1. The average Bonchev–Trinajstić information content (AvgIpc) is 2.55. The van der Waals surface area contributed by atoms with E-state index in [9.17, 15) is 27.5 Å². The van der Waals surface area contributed by atoms with Gasteiger partial charge in [0.2, 0.25) is 10.0 Å². The highest BCUT2D eigenvalue weighted by atomic mass is 32.2. The monoisotopic (exact) mass is 390 g/mol. The lowest BCUT2D eigenvalue weighted by Crippen LogP contribution is -2.49. The molecule has 0 aliphatic carbocycles. The SMILES string of the molecule is CC(C)CNC(=O)COC(=O)[C@H](NS(=O)(=O)c1ccc(F)cc1)[C@H](C)O. The van der Waals surface area contributed by atoms with E-state index in [2.05, 4.69) is 5.32 Å². The summed E-state index contributed by atoms with van der Waals surface area (Å²) >= 11 is 0. The van der Waals surface area contributed by atoms with Crippen LogP contribution in [0.3, 0.4) is 0 Å². The summed E-state index contributed by atoms with van der Waals surface area (Å²) in [6, 6.07) is 2.30. The van der Waals surface area contributed by atoms with Crippen molar-refractivity contribution >= 4 is 21.9 Å². The zero-order valence-electron chi connectivity index (χ0n) is 14.7. The predicted octanol–water partition coefficient (Wildman–Crippen LogP) is 0.169. The number of hydrogen-bond acceptors (Lipinski definition) is 6. The van der Waals surface area contributed by atoms with Crippen LogP contribution in [0, 0.1) is 11.7 Å². The average molecular weight is 390 g/mol. The summed E-state index contributed by atoms with van der Waals surface area (Å²) in [5, 5.41) is 12.2. The highest BCUT2D eigenvalue weighted by Gasteiger charge is 2.31. The maximum Gasteiger partial charge on any atom is 0.327 e. The Hall–Kier alpha value is -2.04. The van der Waals surface area contributed by atoms with Gasteiger partial charge in [0.25, 0.3) is 5.91 Å². The quantitative estimate of drug-likeness (QED) is 0.517. The van der Waals surface area contributed by atoms with Gasteiger partial charge < -0.3 is 15.2 Å². The summed E-state index contributed by atoms with van der Waals surface area (Å²) in [7, 11) is -4.20. The molecule has 1 aromatic carbocycles. The van der Waals surface area contributed by atoms with E-state index in [1.807, 2.05) is 18.6 Å². The third kappa shape index (κ3) is 7.06. The molecule has 3 N–H and O–H groups in total. The number of aliphatic hydroxyl groups excluding tert-OH is 1. The topological polar surface area (TPSA) is 122 Å². The second-order valence-corrected chi connectivity index (χ2v) is 7.81. The molecule has 0 radical (unpaired) electrons. The maximum absolute atomic E-state index is 12.9. The third-order valence-electron chi connectivity index (χ3n) is 3.20. The summed E-state index contributed by atoms with van der Waals surface area (Å²) in [4.78, 5) is 23.3. The molecule has 146 valence electrons. The number of carbonyl (C=O) groups excluding carboxylic acids is 2. The Morgan fingerprint density at radius 3 is 2.27 bits per heavy atom. The number of esters is 1. The smallest absolute Gasteiger partial charge is 0.327 e. The molecule has 0 aromatic heterocycles. The fraction of sp³-hybridized carbons (Fsp3) is 0.500. The summed E-state index contributed by atoms with van der Waals surface area (Å²) in [6.45, 7) is 4.76. The first-order chi connectivity index (χ1) is 12.0. The first-order valence-corrected chi connectivity index (χ1v) is 9.40. The van der Waals surface area contributed by atoms with Crippen LogP contribution in [-0.2, 0) is 24.3 Å². The zero-order chi connectivity index (χ0) is 19.9. The van der Waals surface area contributed by atoms with Gasteiger partial charge in [-0.15, -0.1) is 0 Å². The van der Waals surface area contributed by atoms with E-state index in [0.717, 1.165) is 24.3 Å². The first-order valence-electron chi connectivity index (χ1n) is 7.92. The summed E-state index contributed by atoms with van der Waals surface area (Å²) in [6.07, 6.45) is -1.42. The lowest BCUT2D eigenvalue weighted by atomic mass is 10.2. The normalized spacial score (nSPS) is 13.9. The minimum absolute atomic E-state index is 0.211. The maximum atomic E-state index is 12.9. The van der Waals surface area contributed by atoms with Gasteiger partial charge in [0.1, 0.15) is 11.9 Å². The number of nitrogens with one attached hydrogen (secondary N) is 2. The van der Waals surface area contributed by atoms with Crippen molar-refractivity contribution in [2.75, 3.05) is 13.2 Å². The summed E-state index contributed by atoms with van der Waals surface area (Å²) in [5.41, 5.74) is 0. The number of benzene rings is 1. The number of carbonyl (C=O) groups is 2. The van der Waals surface area contributed by atoms with Crippen molar-refractivity contribution in [1.82, 2.24) is 10.0 Å². The van der Waals surface area contributed by atoms with Crippen LogP contribution in [0.2, 0.25) is 0 Å². The van der Waals surface area contributed by atoms with Crippen molar-refractivity contribution in [3.63, 3.8) is 0 Å². The fourth-order valence-corrected chi connectivity index (χ4v) is 3.05. The molecule has 0 fully saturated rings. The molecule has 0 heterocycles. The molecule has 10 heteroatoms. The summed E-state index contributed by atoms with van der Waals surface area (Å²) in [5.74, 6) is -2.06. The zero-order valence-corrected chi connectivity index (χ0v) is 15.5. The molecule has 0 aliphatic heterocycles. The predicted molar refractivity (Wildman–Crippen MR) is 91.0 cm³/mol. The van der Waals surface area contributed by atoms with E-state index in [1.54, 1.807) is 0 Å². The lowest BCUT2D eigenvalue weighted by molar-refractivity contribution is -0.152. The lowest BCUT2D eigenvalue weighted by Gasteiger charge is -2.20. The van der Waals surface area contributed by atoms with Gasteiger partial charge in [-0.1, -0.05) is 13.8 Å². The molecule has 0 spiro atoms. The Morgan fingerprint density at radius 2 is 1.77 bits per heavy atom. The minimum Gasteiger partial charge on any atom is -0.454 e. The van der Waals surface area contributed by atoms with Crippen molar-refractivity contribution in [2.45, 2.75) is 37.8 Å². The van der Waals surface area contributed by atoms with Gasteiger partial charge in [-0.2, -0.15) is 4.72 Å². The second-order valence-electron chi connectivity index (χ2n) is 6.10. The molecule has 2 atom stereocenters. The van der Waals surface area contributed by atoms with Crippen LogP contribution < -0.4 is 10.0 Å². The van der Waals surface area contributed by atoms with Crippen molar-refractivity contribution < 1.29 is 32.2 Å². The third-order valence-corrected chi connectivity index (χ3v) is 4.65. The van der Waals surface area contributed by atoms with Crippen LogP contribution >= 0.6 is 0 Å². The number of halogens is 1. The standard InChI is InChI=1S/C16H23FN2O6S/c1-10(2)8-18-14(21)9-25-16(22)15(11(3)20)19-26(23,24)13-6-4-12(17)5-7-13/h4-7,10-11,15,19-20H,8-9H2,1-3H3,(H,18,21)/t11-,15+/m0/s1. The molecule has 26 heavy (non-hydrogen) atoms. The van der Waals surface area contributed by atoms with Crippen LogP contribution in [-0.4, -0.2) is 50.7 Å². The van der Waals surface area contributed by atoms with Crippen molar-refractivity contribution in [1.29, 1.82) is 0 Å². The Balaban J connectivity index is 2.74. The fourth-order valence-electron chi connectivity index (χ4n) is 1.79. The van der Waals surface area contributed by atoms with Gasteiger partial charge in [-0.25, -0.2) is 12.8 Å². The summed E-state index contributed by atoms with van der Waals surface area (Å²) < 4.78 is 44.2. The van der Waals surface area contributed by atoms with Crippen LogP contribution in [0.25, 0.3) is 0 Å². The molecule has 1 amide bonds. The molecule has 0 unspecified atom stereocenters. The highest BCUT2D eigenvalue weighted by Crippen LogP contribution is 2.11. The van der Waals surface area contributed by atoms with Gasteiger partial charge in [0, 0.05) is 6.54 Å². The Morgan fingerprint density at radius 1 is 1.19 bits per heavy atom. The van der Waals surface area contributed by atoms with Crippen molar-refractivity contribution in [2.24, 2.45) is 5.92 Å². The van der Waals surface area contributed by atoms with Gasteiger partial charge in [-0.05, 0) is 37.1 Å². The number of hydrogen-bond donors (Lipinski definition) is 3. The largest absolute Gasteiger partial charge is 0.454 e. The number of aliphatic hydroxyl groups is 1. The molecule has 8 nitrogen and oxygen atoms in total. The van der Waals surface area contributed by atoms with E-state index in [-0.39, 0.29) is 10.8 Å². The van der Waals surface area contributed by atoms with E-state index in [0.29, 0.717) is 6.54 Å². The van der Waals surface area contributed by atoms with E-state index < -0.39 is 46.5 Å². The molecule has 1 aromatic rings. The number of ether oxygens (including phenoxy) is 1. The van der Waals surface area contributed by atoms with Crippen LogP contribution in [0.15, 0.2) is 29.2 Å². The van der Waals surface area contributed by atoms with Crippen LogP contribution in [0.5, 0.6) is 0 Å². The molecular weight excluding hydrogens is 367 g/mol. The molecule has 0 bridgehead atoms. The van der Waals surface area contributed by atoms with Crippen LogP contribution in [0.1, 0.15) is 20.8 Å². The number of rotatable bonds is 9. The molecule has 0 aliphatic rings. The Kier molecular flexibility index (Phi) is 8.12. The molecule has 1 rings (SSSR count).